The number of carbonyl (C=O) groups excluding carboxylic acids is 2. The Morgan fingerprint density at radius 3 is 2.61 bits per heavy atom. The Morgan fingerprint density at radius 1 is 1.08 bits per heavy atom. The molecule has 2 atom stereocenters. The number of aliphatic hydroxyl groups excluding tert-OH is 1. The maximum atomic E-state index is 13.5. The van der Waals surface area contributed by atoms with E-state index < -0.39 is 17.7 Å². The third-order valence-electron chi connectivity index (χ3n) is 6.94. The predicted octanol–water partition coefficient (Wildman–Crippen LogP) is 6.08. The Hall–Kier alpha value is -4.03. The zero-order valence-electron chi connectivity index (χ0n) is 19.7. The number of hydrogen-bond donors (Lipinski definition) is 2. The normalized spacial score (nSPS) is 20.7. The van der Waals surface area contributed by atoms with Crippen LogP contribution in [0.1, 0.15) is 35.3 Å². The first kappa shape index (κ1) is 22.4. The quantitative estimate of drug-likeness (QED) is 0.204. The van der Waals surface area contributed by atoms with Gasteiger partial charge in [0.15, 0.2) is 0 Å². The third kappa shape index (κ3) is 3.40. The van der Waals surface area contributed by atoms with Crippen molar-refractivity contribution in [2.45, 2.75) is 32.4 Å². The fraction of sp³-hybridized carbons (Fsp3) is 0.172. The number of aliphatic hydroxyl groups is 1. The van der Waals surface area contributed by atoms with Gasteiger partial charge in [-0.15, -0.1) is 0 Å². The number of ketones is 1. The van der Waals surface area contributed by atoms with Gasteiger partial charge in [-0.05, 0) is 67.9 Å². The van der Waals surface area contributed by atoms with Crippen molar-refractivity contribution in [3.8, 4) is 5.75 Å². The summed E-state index contributed by atoms with van der Waals surface area (Å²) in [7, 11) is 0. The van der Waals surface area contributed by atoms with Crippen molar-refractivity contribution >= 4 is 45.6 Å². The number of aromatic amines is 1. The maximum Gasteiger partial charge on any atom is 0.300 e. The van der Waals surface area contributed by atoms with Crippen LogP contribution in [0.25, 0.3) is 16.7 Å². The number of amides is 1. The van der Waals surface area contributed by atoms with Crippen LogP contribution in [0.2, 0.25) is 5.02 Å². The molecular formula is C29H23ClN2O4. The second kappa shape index (κ2) is 8.28. The first-order valence-corrected chi connectivity index (χ1v) is 12.1. The lowest BCUT2D eigenvalue weighted by atomic mass is 9.92. The molecule has 0 bridgehead atoms. The van der Waals surface area contributed by atoms with Crippen molar-refractivity contribution in [2.75, 3.05) is 4.90 Å². The van der Waals surface area contributed by atoms with Crippen molar-refractivity contribution in [3.63, 3.8) is 0 Å². The lowest BCUT2D eigenvalue weighted by molar-refractivity contribution is -0.132. The van der Waals surface area contributed by atoms with Gasteiger partial charge in [0.2, 0.25) is 0 Å². The summed E-state index contributed by atoms with van der Waals surface area (Å²) in [5.74, 6) is -0.875. The van der Waals surface area contributed by atoms with Crippen LogP contribution in [-0.2, 0) is 16.0 Å². The lowest BCUT2D eigenvalue weighted by Crippen LogP contribution is -2.29. The van der Waals surface area contributed by atoms with Crippen molar-refractivity contribution in [3.05, 3.63) is 99.7 Å². The lowest BCUT2D eigenvalue weighted by Gasteiger charge is -2.26. The number of benzene rings is 3. The van der Waals surface area contributed by atoms with Crippen molar-refractivity contribution in [1.29, 1.82) is 0 Å². The monoisotopic (exact) mass is 498 g/mol. The number of carbonyl (C=O) groups is 2. The number of fused-ring (bicyclic) bond motifs is 2. The topological polar surface area (TPSA) is 82.6 Å². The van der Waals surface area contributed by atoms with E-state index >= 15 is 0 Å². The second-order valence-corrected chi connectivity index (χ2v) is 9.75. The number of nitrogens with zero attached hydrogens (tertiary/aromatic N) is 1. The number of halogens is 1. The molecule has 0 aliphatic carbocycles. The van der Waals surface area contributed by atoms with Gasteiger partial charge in [0.25, 0.3) is 11.7 Å². The summed E-state index contributed by atoms with van der Waals surface area (Å²) < 4.78 is 5.79. The molecule has 1 saturated heterocycles. The molecule has 6 nitrogen and oxygen atoms in total. The second-order valence-electron chi connectivity index (χ2n) is 9.31. The highest BCUT2D eigenvalue weighted by Crippen LogP contribution is 2.46. The summed E-state index contributed by atoms with van der Waals surface area (Å²) in [6, 6.07) is 19.0. The van der Waals surface area contributed by atoms with E-state index in [9.17, 15) is 14.7 Å². The number of para-hydroxylation sites is 1. The van der Waals surface area contributed by atoms with E-state index in [0.29, 0.717) is 22.7 Å². The molecule has 1 aromatic heterocycles. The summed E-state index contributed by atoms with van der Waals surface area (Å²) in [6.07, 6.45) is 0.752. The average molecular weight is 499 g/mol. The van der Waals surface area contributed by atoms with Gasteiger partial charge in [0.05, 0.1) is 11.6 Å². The minimum atomic E-state index is -0.828. The highest BCUT2D eigenvalue weighted by Gasteiger charge is 2.48. The van der Waals surface area contributed by atoms with E-state index in [1.54, 1.807) is 36.4 Å². The van der Waals surface area contributed by atoms with Gasteiger partial charge in [0, 0.05) is 44.9 Å². The number of hydrogen-bond acceptors (Lipinski definition) is 4. The molecule has 6 rings (SSSR count). The van der Waals surface area contributed by atoms with Crippen molar-refractivity contribution < 1.29 is 19.4 Å². The summed E-state index contributed by atoms with van der Waals surface area (Å²) in [6.45, 7) is 3.89. The summed E-state index contributed by atoms with van der Waals surface area (Å²) in [4.78, 5) is 31.8. The fourth-order valence-electron chi connectivity index (χ4n) is 5.35. The van der Waals surface area contributed by atoms with Gasteiger partial charge in [-0.3, -0.25) is 14.5 Å². The first-order chi connectivity index (χ1) is 17.3. The molecule has 2 aliphatic rings. The van der Waals surface area contributed by atoms with E-state index in [1.807, 2.05) is 44.2 Å². The molecule has 2 N–H and O–H groups in total. The summed E-state index contributed by atoms with van der Waals surface area (Å²) >= 11 is 6.10. The van der Waals surface area contributed by atoms with E-state index in [2.05, 4.69) is 4.98 Å². The zero-order valence-corrected chi connectivity index (χ0v) is 20.5. The number of rotatable bonds is 3. The van der Waals surface area contributed by atoms with Crippen LogP contribution in [0.5, 0.6) is 5.75 Å². The van der Waals surface area contributed by atoms with Crippen LogP contribution < -0.4 is 9.64 Å². The van der Waals surface area contributed by atoms with Gasteiger partial charge >= 0.3 is 0 Å². The molecule has 180 valence electrons. The largest absolute Gasteiger partial charge is 0.507 e. The molecular weight excluding hydrogens is 476 g/mol. The predicted molar refractivity (Wildman–Crippen MR) is 140 cm³/mol. The maximum absolute atomic E-state index is 13.5. The van der Waals surface area contributed by atoms with Gasteiger partial charge in [-0.2, -0.15) is 0 Å². The number of aryl methyl sites for hydroxylation is 1. The number of aromatic nitrogens is 1. The first-order valence-electron chi connectivity index (χ1n) is 11.8. The Balaban J connectivity index is 1.60. The van der Waals surface area contributed by atoms with Gasteiger partial charge in [-0.1, -0.05) is 29.8 Å². The molecule has 2 aliphatic heterocycles. The molecule has 7 heteroatoms. The Morgan fingerprint density at radius 2 is 1.83 bits per heavy atom. The molecule has 0 saturated carbocycles. The molecule has 0 radical (unpaired) electrons. The molecule has 3 heterocycles. The standard InChI is InChI=1S/C29H23ClN2O4/c1-15-13-18-14-17(7-12-23(18)36-15)27(33)25-26(24-16(2)31-22-6-4-3-5-21(22)24)32(29(35)28(25)34)20-10-8-19(30)9-11-20/h3-12,14-15,26,31,33H,13H2,1-2H3/b27-25+. The van der Waals surface area contributed by atoms with Crippen LogP contribution in [0, 0.1) is 6.92 Å². The van der Waals surface area contributed by atoms with Crippen LogP contribution >= 0.6 is 11.6 Å². The number of H-pyrrole nitrogens is 1. The summed E-state index contributed by atoms with van der Waals surface area (Å²) in [5.41, 5.74) is 4.46. The van der Waals surface area contributed by atoms with E-state index in [-0.39, 0.29) is 17.4 Å². The molecule has 2 unspecified atom stereocenters. The Labute approximate surface area is 212 Å². The smallest absolute Gasteiger partial charge is 0.300 e. The highest BCUT2D eigenvalue weighted by molar-refractivity contribution is 6.52. The Kier molecular flexibility index (Phi) is 5.16. The number of ether oxygens (including phenoxy) is 1. The third-order valence-corrected chi connectivity index (χ3v) is 7.19. The number of nitrogens with one attached hydrogen (secondary N) is 1. The zero-order chi connectivity index (χ0) is 25.1. The molecule has 1 amide bonds. The molecule has 3 aromatic carbocycles. The average Bonchev–Trinajstić information content (AvgIpc) is 3.48. The minimum Gasteiger partial charge on any atom is -0.507 e. The minimum absolute atomic E-state index is 0.0433. The highest BCUT2D eigenvalue weighted by atomic mass is 35.5. The molecule has 36 heavy (non-hydrogen) atoms. The van der Waals surface area contributed by atoms with Crippen molar-refractivity contribution in [2.24, 2.45) is 0 Å². The molecule has 4 aromatic rings. The number of anilines is 1. The van der Waals surface area contributed by atoms with Crippen LogP contribution in [-0.4, -0.2) is 27.9 Å². The van der Waals surface area contributed by atoms with Gasteiger partial charge in [-0.25, -0.2) is 0 Å². The fourth-order valence-corrected chi connectivity index (χ4v) is 5.48. The molecule has 1 fully saturated rings. The SMILES string of the molecule is Cc1[nH]c2ccccc2c1C1/C(=C(\O)c2ccc3c(c2)CC(C)O3)C(=O)C(=O)N1c1ccc(Cl)cc1. The van der Waals surface area contributed by atoms with Crippen molar-refractivity contribution in [1.82, 2.24) is 4.98 Å². The van der Waals surface area contributed by atoms with E-state index in [1.165, 1.54) is 4.90 Å². The van der Waals surface area contributed by atoms with Gasteiger partial charge < -0.3 is 14.8 Å². The van der Waals surface area contributed by atoms with E-state index in [4.69, 9.17) is 16.3 Å². The van der Waals surface area contributed by atoms with Crippen LogP contribution in [0.15, 0.2) is 72.3 Å². The number of Topliss-reactive ketones (excluding diaryl/α,β-unsaturated/α-hetero) is 1. The van der Waals surface area contributed by atoms with Crippen LogP contribution in [0.3, 0.4) is 0 Å². The summed E-state index contributed by atoms with van der Waals surface area (Å²) in [5, 5.41) is 13.0. The van der Waals surface area contributed by atoms with Crippen LogP contribution in [0.4, 0.5) is 5.69 Å². The van der Waals surface area contributed by atoms with Gasteiger partial charge in [0.1, 0.15) is 17.6 Å². The Bertz CT molecular complexity index is 1580. The van der Waals surface area contributed by atoms with E-state index in [0.717, 1.165) is 33.5 Å². The molecule has 0 spiro atoms.